The maximum Gasteiger partial charge on any atom is 0.0619 e. The fourth-order valence-corrected chi connectivity index (χ4v) is 3.00. The maximum absolute atomic E-state index is 5.41. The zero-order chi connectivity index (χ0) is 9.80. The van der Waals surface area contributed by atoms with Crippen LogP contribution in [0.25, 0.3) is 0 Å². The van der Waals surface area contributed by atoms with E-state index in [-0.39, 0.29) is 0 Å². The van der Waals surface area contributed by atoms with Crippen LogP contribution in [0.5, 0.6) is 0 Å². The molecule has 78 valence electrons. The van der Waals surface area contributed by atoms with E-state index in [4.69, 9.17) is 4.74 Å². The first-order valence-electron chi connectivity index (χ1n) is 4.88. The standard InChI is InChI=1S/C10H14BrNOS/c11-8-4-10(14-7-8)5-12-9-2-1-3-13-6-9/h4,7,9,12H,1-3,5-6H2/t9-/m1/s1. The second-order valence-corrected chi connectivity index (χ2v) is 5.44. The highest BCUT2D eigenvalue weighted by atomic mass is 79.9. The molecule has 0 aromatic carbocycles. The molecule has 14 heavy (non-hydrogen) atoms. The van der Waals surface area contributed by atoms with Gasteiger partial charge < -0.3 is 10.1 Å². The van der Waals surface area contributed by atoms with E-state index >= 15 is 0 Å². The summed E-state index contributed by atoms with van der Waals surface area (Å²) in [6.07, 6.45) is 2.43. The quantitative estimate of drug-likeness (QED) is 0.916. The van der Waals surface area contributed by atoms with Crippen LogP contribution in [0, 0.1) is 0 Å². The van der Waals surface area contributed by atoms with Crippen molar-refractivity contribution >= 4 is 27.3 Å². The molecule has 0 saturated carbocycles. The lowest BCUT2D eigenvalue weighted by Gasteiger charge is -2.22. The lowest BCUT2D eigenvalue weighted by atomic mass is 10.1. The Morgan fingerprint density at radius 1 is 1.64 bits per heavy atom. The predicted molar refractivity (Wildman–Crippen MR) is 62.7 cm³/mol. The van der Waals surface area contributed by atoms with Gasteiger partial charge in [0, 0.05) is 33.9 Å². The van der Waals surface area contributed by atoms with Crippen LogP contribution >= 0.6 is 27.3 Å². The van der Waals surface area contributed by atoms with E-state index in [0.717, 1.165) is 19.8 Å². The molecule has 0 unspecified atom stereocenters. The third-order valence-electron chi connectivity index (χ3n) is 2.35. The van der Waals surface area contributed by atoms with Crippen molar-refractivity contribution in [2.45, 2.75) is 25.4 Å². The normalized spacial score (nSPS) is 22.5. The molecule has 1 atom stereocenters. The average Bonchev–Trinajstić information content (AvgIpc) is 2.63. The molecule has 1 aliphatic rings. The van der Waals surface area contributed by atoms with Crippen molar-refractivity contribution in [1.82, 2.24) is 5.32 Å². The largest absolute Gasteiger partial charge is 0.380 e. The van der Waals surface area contributed by atoms with Crippen LogP contribution in [0.15, 0.2) is 15.9 Å². The topological polar surface area (TPSA) is 21.3 Å². The van der Waals surface area contributed by atoms with Crippen molar-refractivity contribution < 1.29 is 4.74 Å². The van der Waals surface area contributed by atoms with Gasteiger partial charge in [0.2, 0.25) is 0 Å². The molecule has 2 nitrogen and oxygen atoms in total. The first kappa shape index (κ1) is 10.6. The first-order valence-corrected chi connectivity index (χ1v) is 6.56. The molecule has 1 aromatic heterocycles. The molecular formula is C10H14BrNOS. The van der Waals surface area contributed by atoms with Gasteiger partial charge in [-0.05, 0) is 34.8 Å². The SMILES string of the molecule is Brc1csc(CN[C@@H]2CCCOC2)c1. The molecule has 1 N–H and O–H groups in total. The Kier molecular flexibility index (Phi) is 3.99. The van der Waals surface area contributed by atoms with E-state index in [1.54, 1.807) is 11.3 Å². The Morgan fingerprint density at radius 3 is 3.21 bits per heavy atom. The van der Waals surface area contributed by atoms with Crippen molar-refractivity contribution in [3.63, 3.8) is 0 Å². The van der Waals surface area contributed by atoms with Crippen LogP contribution in [-0.2, 0) is 11.3 Å². The number of thiophene rings is 1. The van der Waals surface area contributed by atoms with Crippen molar-refractivity contribution in [2.24, 2.45) is 0 Å². The van der Waals surface area contributed by atoms with Crippen LogP contribution in [-0.4, -0.2) is 19.3 Å². The van der Waals surface area contributed by atoms with Gasteiger partial charge in [-0.1, -0.05) is 0 Å². The van der Waals surface area contributed by atoms with Gasteiger partial charge in [0.25, 0.3) is 0 Å². The average molecular weight is 276 g/mol. The van der Waals surface area contributed by atoms with Gasteiger partial charge in [-0.15, -0.1) is 11.3 Å². The molecule has 4 heteroatoms. The van der Waals surface area contributed by atoms with Crippen molar-refractivity contribution in [3.8, 4) is 0 Å². The molecule has 0 bridgehead atoms. The fraction of sp³-hybridized carbons (Fsp3) is 0.600. The Bertz CT molecular complexity index is 283. The maximum atomic E-state index is 5.41. The number of hydrogen-bond acceptors (Lipinski definition) is 3. The molecule has 1 saturated heterocycles. The summed E-state index contributed by atoms with van der Waals surface area (Å²) in [7, 11) is 0. The van der Waals surface area contributed by atoms with Gasteiger partial charge in [0.15, 0.2) is 0 Å². The van der Waals surface area contributed by atoms with Gasteiger partial charge in [-0.25, -0.2) is 0 Å². The van der Waals surface area contributed by atoms with E-state index in [0.29, 0.717) is 6.04 Å². The number of hydrogen-bond donors (Lipinski definition) is 1. The molecule has 1 aromatic rings. The molecule has 0 spiro atoms. The molecule has 1 fully saturated rings. The first-order chi connectivity index (χ1) is 6.84. The Morgan fingerprint density at radius 2 is 2.57 bits per heavy atom. The smallest absolute Gasteiger partial charge is 0.0619 e. The Balaban J connectivity index is 1.76. The fourth-order valence-electron chi connectivity index (χ4n) is 1.59. The lowest BCUT2D eigenvalue weighted by Crippen LogP contribution is -2.36. The summed E-state index contributed by atoms with van der Waals surface area (Å²) in [5, 5.41) is 5.64. The Hall–Kier alpha value is 0.1000. The molecule has 1 aliphatic heterocycles. The number of nitrogens with one attached hydrogen (secondary N) is 1. The second-order valence-electron chi connectivity index (χ2n) is 3.53. The number of rotatable bonds is 3. The van der Waals surface area contributed by atoms with E-state index in [1.807, 2.05) is 0 Å². The summed E-state index contributed by atoms with van der Waals surface area (Å²) in [5.41, 5.74) is 0. The molecule has 2 rings (SSSR count). The second kappa shape index (κ2) is 5.26. The highest BCUT2D eigenvalue weighted by Gasteiger charge is 2.12. The highest BCUT2D eigenvalue weighted by molar-refractivity contribution is 9.10. The summed E-state index contributed by atoms with van der Waals surface area (Å²) in [6, 6.07) is 2.71. The zero-order valence-corrected chi connectivity index (χ0v) is 10.4. The van der Waals surface area contributed by atoms with Gasteiger partial charge in [0.1, 0.15) is 0 Å². The highest BCUT2D eigenvalue weighted by Crippen LogP contribution is 2.19. The van der Waals surface area contributed by atoms with Crippen molar-refractivity contribution in [2.75, 3.05) is 13.2 Å². The van der Waals surface area contributed by atoms with Gasteiger partial charge in [0.05, 0.1) is 6.61 Å². The summed E-state index contributed by atoms with van der Waals surface area (Å²) in [6.45, 7) is 2.76. The van der Waals surface area contributed by atoms with Crippen LogP contribution < -0.4 is 5.32 Å². The monoisotopic (exact) mass is 275 g/mol. The third-order valence-corrected chi connectivity index (χ3v) is 4.04. The van der Waals surface area contributed by atoms with E-state index in [1.165, 1.54) is 22.2 Å². The van der Waals surface area contributed by atoms with Crippen LogP contribution in [0.2, 0.25) is 0 Å². The molecule has 0 aliphatic carbocycles. The molecular weight excluding hydrogens is 262 g/mol. The molecule has 0 amide bonds. The zero-order valence-electron chi connectivity index (χ0n) is 7.96. The van der Waals surface area contributed by atoms with Crippen molar-refractivity contribution in [3.05, 3.63) is 20.8 Å². The van der Waals surface area contributed by atoms with Crippen LogP contribution in [0.1, 0.15) is 17.7 Å². The third kappa shape index (κ3) is 3.05. The minimum Gasteiger partial charge on any atom is -0.380 e. The number of ether oxygens (including phenoxy) is 1. The van der Waals surface area contributed by atoms with Gasteiger partial charge >= 0.3 is 0 Å². The summed E-state index contributed by atoms with van der Waals surface area (Å²) in [4.78, 5) is 1.38. The lowest BCUT2D eigenvalue weighted by molar-refractivity contribution is 0.0700. The van der Waals surface area contributed by atoms with Gasteiger partial charge in [-0.2, -0.15) is 0 Å². The minimum atomic E-state index is 0.546. The summed E-state index contributed by atoms with van der Waals surface area (Å²) in [5.74, 6) is 0. The number of halogens is 1. The molecule has 2 heterocycles. The van der Waals surface area contributed by atoms with Crippen LogP contribution in [0.3, 0.4) is 0 Å². The van der Waals surface area contributed by atoms with Crippen LogP contribution in [0.4, 0.5) is 0 Å². The minimum absolute atomic E-state index is 0.546. The van der Waals surface area contributed by atoms with E-state index in [9.17, 15) is 0 Å². The molecule has 0 radical (unpaired) electrons. The predicted octanol–water partition coefficient (Wildman–Crippen LogP) is 2.78. The van der Waals surface area contributed by atoms with Gasteiger partial charge in [-0.3, -0.25) is 0 Å². The Labute approximate surface area is 96.8 Å². The van der Waals surface area contributed by atoms with E-state index in [2.05, 4.69) is 32.7 Å². The summed E-state index contributed by atoms with van der Waals surface area (Å²) >= 11 is 5.24. The van der Waals surface area contributed by atoms with Crippen molar-refractivity contribution in [1.29, 1.82) is 0 Å². The summed E-state index contributed by atoms with van der Waals surface area (Å²) < 4.78 is 6.59. The van der Waals surface area contributed by atoms with E-state index < -0.39 is 0 Å².